The van der Waals surface area contributed by atoms with Gasteiger partial charge in [-0.1, -0.05) is 23.2 Å². The monoisotopic (exact) mass is 437 g/mol. The van der Waals surface area contributed by atoms with Crippen LogP contribution in [0.25, 0.3) is 11.1 Å². The second-order valence-electron chi connectivity index (χ2n) is 7.85. The van der Waals surface area contributed by atoms with E-state index in [9.17, 15) is 4.79 Å². The lowest BCUT2D eigenvalue weighted by molar-refractivity contribution is 0.0599. The van der Waals surface area contributed by atoms with Crippen molar-refractivity contribution in [2.45, 2.75) is 38.6 Å². The summed E-state index contributed by atoms with van der Waals surface area (Å²) in [6.07, 6.45) is 4.16. The molecule has 0 saturated carbocycles. The van der Waals surface area contributed by atoms with Gasteiger partial charge in [0.05, 0.1) is 23.4 Å². The first-order chi connectivity index (χ1) is 15.0. The first-order valence-corrected chi connectivity index (χ1v) is 10.6. The highest BCUT2D eigenvalue weighted by Gasteiger charge is 2.33. The molecule has 1 aliphatic rings. The number of nitrogens with zero attached hydrogens (tertiary/aromatic N) is 3. The number of aryl methyl sites for hydroxylation is 1. The zero-order chi connectivity index (χ0) is 22.0. The van der Waals surface area contributed by atoms with E-state index in [1.165, 1.54) is 6.21 Å². The van der Waals surface area contributed by atoms with Crippen LogP contribution in [0.1, 0.15) is 47.5 Å². The molecule has 0 radical (unpaired) electrons. The molecule has 0 bridgehead atoms. The van der Waals surface area contributed by atoms with E-state index in [4.69, 9.17) is 21.4 Å². The third-order valence-corrected chi connectivity index (χ3v) is 5.83. The van der Waals surface area contributed by atoms with Crippen molar-refractivity contribution in [2.75, 3.05) is 12.0 Å². The van der Waals surface area contributed by atoms with Gasteiger partial charge < -0.3 is 14.7 Å². The van der Waals surface area contributed by atoms with Crippen molar-refractivity contribution in [2.24, 2.45) is 5.10 Å². The van der Waals surface area contributed by atoms with E-state index in [-0.39, 0.29) is 17.9 Å². The molecule has 31 heavy (non-hydrogen) atoms. The number of oxazole rings is 1. The molecule has 2 aromatic carbocycles. The van der Waals surface area contributed by atoms with Crippen molar-refractivity contribution in [3.8, 4) is 0 Å². The summed E-state index contributed by atoms with van der Waals surface area (Å²) in [5.74, 6) is 0.594. The molecule has 1 amide bonds. The number of hydrogen-bond donors (Lipinski definition) is 2. The zero-order valence-corrected chi connectivity index (χ0v) is 18.2. The van der Waals surface area contributed by atoms with Crippen LogP contribution in [-0.4, -0.2) is 40.8 Å². The van der Waals surface area contributed by atoms with Crippen molar-refractivity contribution < 1.29 is 9.21 Å². The number of rotatable bonds is 5. The number of anilines is 1. The van der Waals surface area contributed by atoms with Crippen molar-refractivity contribution in [3.05, 3.63) is 58.4 Å². The molecule has 0 aliphatic carbocycles. The summed E-state index contributed by atoms with van der Waals surface area (Å²) in [4.78, 5) is 20.0. The summed E-state index contributed by atoms with van der Waals surface area (Å²) in [6.45, 7) is 4.54. The van der Waals surface area contributed by atoms with Gasteiger partial charge in [-0.15, -0.1) is 0 Å². The third kappa shape index (κ3) is 4.46. The standard InChI is InChI=1S/C23H24ClN5O2/c1-14-3-7-19(28-26-10-9-25)18(11-14)23(30)29-13-16(5-4-15(29)2)22-27-20-12-17(24)6-8-21(20)31-22/h3,6-12,15-16,25,28H,4-5,13H2,1-2H3/b25-9?,26-10-/t15-,16-/m1/s1. The fourth-order valence-corrected chi connectivity index (χ4v) is 4.08. The van der Waals surface area contributed by atoms with E-state index in [1.54, 1.807) is 12.1 Å². The Labute approximate surface area is 185 Å². The minimum atomic E-state index is -0.0624. The molecular formula is C23H24ClN5O2. The summed E-state index contributed by atoms with van der Waals surface area (Å²) in [5, 5.41) is 11.7. The molecule has 3 aromatic rings. The molecule has 2 atom stereocenters. The Morgan fingerprint density at radius 3 is 2.97 bits per heavy atom. The normalized spacial score (nSPS) is 19.1. The van der Waals surface area contributed by atoms with Crippen molar-refractivity contribution in [3.63, 3.8) is 0 Å². The quantitative estimate of drug-likeness (QED) is 0.421. The van der Waals surface area contributed by atoms with Crippen molar-refractivity contribution >= 4 is 46.7 Å². The number of carbonyl (C=O) groups excluding carboxylic acids is 1. The fraction of sp³-hybridized carbons (Fsp3) is 0.304. The third-order valence-electron chi connectivity index (χ3n) is 5.60. The van der Waals surface area contributed by atoms with E-state index >= 15 is 0 Å². The number of fused-ring (bicyclic) bond motifs is 1. The lowest BCUT2D eigenvalue weighted by Crippen LogP contribution is -2.45. The number of hydrogen-bond acceptors (Lipinski definition) is 6. The second kappa shape index (κ2) is 8.89. The van der Waals surface area contributed by atoms with Crippen LogP contribution in [0.15, 0.2) is 45.9 Å². The Kier molecular flexibility index (Phi) is 6.04. The molecule has 8 heteroatoms. The number of nitrogens with one attached hydrogen (secondary N) is 2. The van der Waals surface area contributed by atoms with Gasteiger partial charge in [-0.3, -0.25) is 10.2 Å². The Bertz CT molecular complexity index is 1160. The predicted octanol–water partition coefficient (Wildman–Crippen LogP) is 5.25. The maximum atomic E-state index is 13.5. The summed E-state index contributed by atoms with van der Waals surface area (Å²) in [6, 6.07) is 11.1. The maximum Gasteiger partial charge on any atom is 0.256 e. The summed E-state index contributed by atoms with van der Waals surface area (Å²) in [7, 11) is 0. The zero-order valence-electron chi connectivity index (χ0n) is 17.4. The molecule has 1 fully saturated rings. The number of benzene rings is 2. The Morgan fingerprint density at radius 2 is 2.16 bits per heavy atom. The van der Waals surface area contributed by atoms with Crippen molar-refractivity contribution in [1.29, 1.82) is 5.41 Å². The maximum absolute atomic E-state index is 13.5. The van der Waals surface area contributed by atoms with Gasteiger partial charge in [0, 0.05) is 23.8 Å². The van der Waals surface area contributed by atoms with Gasteiger partial charge in [0.1, 0.15) is 5.52 Å². The van der Waals surface area contributed by atoms with E-state index in [0.717, 1.165) is 30.1 Å². The SMILES string of the molecule is Cc1ccc(N/N=C\C=N)c(C(=O)N2C[C@H](c3nc4cc(Cl)ccc4o3)CC[C@H]2C)c1. The van der Waals surface area contributed by atoms with Gasteiger partial charge in [0.25, 0.3) is 5.91 Å². The first-order valence-electron chi connectivity index (χ1n) is 10.2. The van der Waals surface area contributed by atoms with Crippen LogP contribution in [0.2, 0.25) is 5.02 Å². The predicted molar refractivity (Wildman–Crippen MR) is 124 cm³/mol. The highest BCUT2D eigenvalue weighted by Crippen LogP contribution is 2.33. The lowest BCUT2D eigenvalue weighted by Gasteiger charge is -2.37. The number of likely N-dealkylation sites (tertiary alicyclic amines) is 1. The van der Waals surface area contributed by atoms with Crippen LogP contribution < -0.4 is 5.43 Å². The Hall–Kier alpha value is -3.19. The molecule has 0 spiro atoms. The molecule has 160 valence electrons. The van der Waals surface area contributed by atoms with E-state index < -0.39 is 0 Å². The second-order valence-corrected chi connectivity index (χ2v) is 8.29. The minimum absolute atomic E-state index is 0.0171. The highest BCUT2D eigenvalue weighted by molar-refractivity contribution is 6.31. The summed E-state index contributed by atoms with van der Waals surface area (Å²) < 4.78 is 5.98. The number of piperidine rings is 1. The average Bonchev–Trinajstić information content (AvgIpc) is 3.18. The number of amides is 1. The van der Waals surface area contributed by atoms with Crippen LogP contribution in [0.3, 0.4) is 0 Å². The van der Waals surface area contributed by atoms with Gasteiger partial charge >= 0.3 is 0 Å². The number of hydrazone groups is 1. The van der Waals surface area contributed by atoms with E-state index in [1.807, 2.05) is 36.1 Å². The van der Waals surface area contributed by atoms with Gasteiger partial charge in [-0.25, -0.2) is 4.98 Å². The smallest absolute Gasteiger partial charge is 0.256 e. The summed E-state index contributed by atoms with van der Waals surface area (Å²) >= 11 is 6.08. The minimum Gasteiger partial charge on any atom is -0.440 e. The van der Waals surface area contributed by atoms with Crippen LogP contribution in [-0.2, 0) is 0 Å². The van der Waals surface area contributed by atoms with Crippen LogP contribution in [0.4, 0.5) is 5.69 Å². The molecule has 2 heterocycles. The van der Waals surface area contributed by atoms with Crippen molar-refractivity contribution in [1.82, 2.24) is 9.88 Å². The van der Waals surface area contributed by atoms with Gasteiger partial charge in [0.15, 0.2) is 11.5 Å². The molecule has 1 aromatic heterocycles. The molecule has 1 saturated heterocycles. The van der Waals surface area contributed by atoms with Gasteiger partial charge in [-0.05, 0) is 57.0 Å². The molecule has 1 aliphatic heterocycles. The molecule has 2 N–H and O–H groups in total. The Balaban J connectivity index is 1.61. The molecular weight excluding hydrogens is 414 g/mol. The average molecular weight is 438 g/mol. The lowest BCUT2D eigenvalue weighted by atomic mass is 9.92. The highest BCUT2D eigenvalue weighted by atomic mass is 35.5. The fourth-order valence-electron chi connectivity index (χ4n) is 3.92. The van der Waals surface area contributed by atoms with Gasteiger partial charge in [-0.2, -0.15) is 5.10 Å². The van der Waals surface area contributed by atoms with Crippen LogP contribution in [0.5, 0.6) is 0 Å². The van der Waals surface area contributed by atoms with Crippen LogP contribution in [0, 0.1) is 12.3 Å². The number of aromatic nitrogens is 1. The first kappa shape index (κ1) is 21.1. The molecule has 7 nitrogen and oxygen atoms in total. The topological polar surface area (TPSA) is 94.6 Å². The molecule has 0 unspecified atom stereocenters. The number of carbonyl (C=O) groups is 1. The van der Waals surface area contributed by atoms with E-state index in [2.05, 4.69) is 22.4 Å². The van der Waals surface area contributed by atoms with Crippen LogP contribution >= 0.6 is 11.6 Å². The summed E-state index contributed by atoms with van der Waals surface area (Å²) in [5.41, 5.74) is 6.45. The van der Waals surface area contributed by atoms with E-state index in [0.29, 0.717) is 34.3 Å². The largest absolute Gasteiger partial charge is 0.440 e. The number of halogens is 1. The molecule has 4 rings (SSSR count). The Morgan fingerprint density at radius 1 is 1.32 bits per heavy atom. The van der Waals surface area contributed by atoms with Gasteiger partial charge in [0.2, 0.25) is 0 Å².